The third-order valence-corrected chi connectivity index (χ3v) is 6.71. The first-order chi connectivity index (χ1) is 9.13. The van der Waals surface area contributed by atoms with Crippen molar-refractivity contribution in [3.63, 3.8) is 0 Å². The fraction of sp³-hybridized carbons (Fsp3) is 0.333. The summed E-state index contributed by atoms with van der Waals surface area (Å²) in [6.07, 6.45) is 6.51. The molecule has 3 rings (SSSR count). The van der Waals surface area contributed by atoms with Crippen molar-refractivity contribution < 1.29 is 9.09 Å². The third-order valence-electron chi connectivity index (χ3n) is 3.94. The lowest BCUT2D eigenvalue weighted by Crippen LogP contribution is -2.23. The van der Waals surface area contributed by atoms with Crippen LogP contribution in [-0.4, -0.2) is 17.8 Å². The van der Waals surface area contributed by atoms with Crippen molar-refractivity contribution in [2.24, 2.45) is 0 Å². The van der Waals surface area contributed by atoms with Crippen LogP contribution in [0.5, 0.6) is 0 Å². The van der Waals surface area contributed by atoms with E-state index in [1.807, 2.05) is 60.3 Å². The minimum absolute atomic E-state index is 0.106. The van der Waals surface area contributed by atoms with Crippen LogP contribution in [0.1, 0.15) is 25.0 Å². The first-order valence-electron chi connectivity index (χ1n) is 6.56. The van der Waals surface area contributed by atoms with Gasteiger partial charge in [0.05, 0.1) is 0 Å². The van der Waals surface area contributed by atoms with E-state index < -0.39 is 7.52 Å². The van der Waals surface area contributed by atoms with Gasteiger partial charge >= 0.3 is 0 Å². The molecule has 0 radical (unpaired) electrons. The SMILES string of the molecule is C[C@H]1[C@@H](c2ccccc2)O[P@](=O)(C2=CC=CC2)N1C. The van der Waals surface area contributed by atoms with E-state index in [0.717, 1.165) is 17.3 Å². The number of benzene rings is 1. The van der Waals surface area contributed by atoms with Crippen molar-refractivity contribution in [2.75, 3.05) is 7.05 Å². The van der Waals surface area contributed by atoms with Crippen molar-refractivity contribution in [2.45, 2.75) is 25.5 Å². The van der Waals surface area contributed by atoms with Crippen LogP contribution in [0.2, 0.25) is 0 Å². The van der Waals surface area contributed by atoms with Crippen LogP contribution in [-0.2, 0) is 9.09 Å². The van der Waals surface area contributed by atoms with E-state index >= 15 is 0 Å². The van der Waals surface area contributed by atoms with Gasteiger partial charge in [0, 0.05) is 11.4 Å². The Labute approximate surface area is 114 Å². The maximum atomic E-state index is 13.1. The molecule has 0 unspecified atom stereocenters. The number of nitrogens with zero attached hydrogens (tertiary/aromatic N) is 1. The zero-order chi connectivity index (χ0) is 13.5. The van der Waals surface area contributed by atoms with Gasteiger partial charge in [-0.1, -0.05) is 48.6 Å². The topological polar surface area (TPSA) is 29.5 Å². The summed E-state index contributed by atoms with van der Waals surface area (Å²) in [5.41, 5.74) is 1.09. The minimum atomic E-state index is -2.85. The monoisotopic (exact) mass is 275 g/mol. The van der Waals surface area contributed by atoms with E-state index in [1.54, 1.807) is 0 Å². The van der Waals surface area contributed by atoms with Crippen LogP contribution in [0.15, 0.2) is 53.9 Å². The largest absolute Gasteiger partial charge is 0.304 e. The van der Waals surface area contributed by atoms with Crippen LogP contribution in [0.3, 0.4) is 0 Å². The molecule has 1 aromatic carbocycles. The molecule has 1 heterocycles. The van der Waals surface area contributed by atoms with Gasteiger partial charge in [-0.05, 0) is 26.0 Å². The molecule has 0 bridgehead atoms. The Morgan fingerprint density at radius 1 is 1.32 bits per heavy atom. The molecule has 4 heteroatoms. The van der Waals surface area contributed by atoms with Crippen molar-refractivity contribution in [1.29, 1.82) is 0 Å². The molecule has 1 aliphatic carbocycles. The second kappa shape index (κ2) is 4.75. The average Bonchev–Trinajstić information content (AvgIpc) is 3.04. The van der Waals surface area contributed by atoms with Gasteiger partial charge in [0.15, 0.2) is 0 Å². The summed E-state index contributed by atoms with van der Waals surface area (Å²) in [4.78, 5) is 0. The minimum Gasteiger partial charge on any atom is -0.304 e. The molecule has 0 saturated carbocycles. The molecule has 1 fully saturated rings. The summed E-state index contributed by atoms with van der Waals surface area (Å²) in [6.45, 7) is 2.07. The molecule has 3 atom stereocenters. The molecule has 1 aliphatic heterocycles. The first-order valence-corrected chi connectivity index (χ1v) is 8.13. The highest BCUT2D eigenvalue weighted by Gasteiger charge is 2.48. The predicted molar refractivity (Wildman–Crippen MR) is 76.9 cm³/mol. The van der Waals surface area contributed by atoms with Gasteiger partial charge in [-0.15, -0.1) is 0 Å². The molecule has 0 spiro atoms. The lowest BCUT2D eigenvalue weighted by atomic mass is 10.0. The molecule has 2 aliphatic rings. The first kappa shape index (κ1) is 12.9. The maximum Gasteiger partial charge on any atom is 0.299 e. The Morgan fingerprint density at radius 3 is 2.68 bits per heavy atom. The standard InChI is InChI=1S/C15H18NO2P/c1-12-15(13-8-4-3-5-9-13)18-19(17,16(12)2)14-10-6-7-11-14/h3-10,12,15H,11H2,1-2H3/t12-,15-,19+/m0/s1. The molecule has 0 N–H and O–H groups in total. The number of rotatable bonds is 2. The zero-order valence-electron chi connectivity index (χ0n) is 11.2. The molecule has 1 aromatic rings. The Bertz CT molecular complexity index is 579. The van der Waals surface area contributed by atoms with Crippen LogP contribution < -0.4 is 0 Å². The number of hydrogen-bond acceptors (Lipinski definition) is 2. The van der Waals surface area contributed by atoms with Gasteiger partial charge in [0.2, 0.25) is 0 Å². The van der Waals surface area contributed by atoms with Crippen LogP contribution in [0, 0.1) is 0 Å². The van der Waals surface area contributed by atoms with Gasteiger partial charge in [0.1, 0.15) is 6.10 Å². The Kier molecular flexibility index (Phi) is 3.22. The lowest BCUT2D eigenvalue weighted by Gasteiger charge is -2.21. The van der Waals surface area contributed by atoms with E-state index in [-0.39, 0.29) is 12.1 Å². The number of allylic oxidation sites excluding steroid dienone is 4. The van der Waals surface area contributed by atoms with E-state index in [9.17, 15) is 4.57 Å². The molecule has 0 aromatic heterocycles. The van der Waals surface area contributed by atoms with Gasteiger partial charge in [-0.25, -0.2) is 4.67 Å². The average molecular weight is 275 g/mol. The molecular weight excluding hydrogens is 257 g/mol. The van der Waals surface area contributed by atoms with Crippen molar-refractivity contribution in [1.82, 2.24) is 4.67 Å². The highest BCUT2D eigenvalue weighted by atomic mass is 31.2. The summed E-state index contributed by atoms with van der Waals surface area (Å²) in [6, 6.07) is 10.1. The Balaban J connectivity index is 1.94. The van der Waals surface area contributed by atoms with Crippen LogP contribution in [0.25, 0.3) is 0 Å². The van der Waals surface area contributed by atoms with Gasteiger partial charge in [-0.2, -0.15) is 0 Å². The Morgan fingerprint density at radius 2 is 2.05 bits per heavy atom. The quantitative estimate of drug-likeness (QED) is 0.760. The highest BCUT2D eigenvalue weighted by molar-refractivity contribution is 7.61. The Hall–Kier alpha value is -1.15. The normalized spacial score (nSPS) is 34.7. The third kappa shape index (κ3) is 2.02. The summed E-state index contributed by atoms with van der Waals surface area (Å²) in [5.74, 6) is 0. The number of likely N-dealkylation sites (N-methyl/N-ethyl adjacent to an activating group) is 1. The van der Waals surface area contributed by atoms with E-state index in [0.29, 0.717) is 0 Å². The number of hydrogen-bond donors (Lipinski definition) is 0. The smallest absolute Gasteiger partial charge is 0.299 e. The maximum absolute atomic E-state index is 13.1. The van der Waals surface area contributed by atoms with Crippen molar-refractivity contribution >= 4 is 7.52 Å². The van der Waals surface area contributed by atoms with E-state index in [1.165, 1.54) is 0 Å². The van der Waals surface area contributed by atoms with Crippen molar-refractivity contribution in [3.05, 3.63) is 59.4 Å². The summed E-state index contributed by atoms with van der Waals surface area (Å²) in [7, 11) is -0.958. The molecule has 19 heavy (non-hydrogen) atoms. The molecule has 1 saturated heterocycles. The van der Waals surface area contributed by atoms with Gasteiger partial charge in [-0.3, -0.25) is 4.57 Å². The molecule has 3 nitrogen and oxygen atoms in total. The highest BCUT2D eigenvalue weighted by Crippen LogP contribution is 2.68. The van der Waals surface area contributed by atoms with E-state index in [2.05, 4.69) is 6.92 Å². The molecule has 0 amide bonds. The fourth-order valence-corrected chi connectivity index (χ4v) is 5.16. The van der Waals surface area contributed by atoms with Gasteiger partial charge in [0.25, 0.3) is 7.52 Å². The van der Waals surface area contributed by atoms with E-state index in [4.69, 9.17) is 4.52 Å². The summed E-state index contributed by atoms with van der Waals surface area (Å²) < 4.78 is 21.1. The fourth-order valence-electron chi connectivity index (χ4n) is 2.65. The van der Waals surface area contributed by atoms with Crippen LogP contribution >= 0.6 is 7.52 Å². The van der Waals surface area contributed by atoms with Gasteiger partial charge < -0.3 is 4.52 Å². The summed E-state index contributed by atoms with van der Waals surface area (Å²) in [5, 5.41) is 0.903. The van der Waals surface area contributed by atoms with Crippen LogP contribution in [0.4, 0.5) is 0 Å². The molecule has 100 valence electrons. The van der Waals surface area contributed by atoms with Crippen molar-refractivity contribution in [3.8, 4) is 0 Å². The second-order valence-electron chi connectivity index (χ2n) is 5.06. The lowest BCUT2D eigenvalue weighted by molar-refractivity contribution is 0.211. The second-order valence-corrected chi connectivity index (χ2v) is 7.52. The molecular formula is C15H18NO2P. The summed E-state index contributed by atoms with van der Waals surface area (Å²) >= 11 is 0. The zero-order valence-corrected chi connectivity index (χ0v) is 12.1. The predicted octanol–water partition coefficient (Wildman–Crippen LogP) is 4.12.